The predicted octanol–water partition coefficient (Wildman–Crippen LogP) is 2.83. The molecule has 1 unspecified atom stereocenters. The van der Waals surface area contributed by atoms with Gasteiger partial charge in [-0.15, -0.1) is 11.3 Å². The van der Waals surface area contributed by atoms with E-state index in [0.29, 0.717) is 0 Å². The van der Waals surface area contributed by atoms with Gasteiger partial charge < -0.3 is 4.74 Å². The Labute approximate surface area is 106 Å². The molecule has 3 nitrogen and oxygen atoms in total. The molecule has 1 heterocycles. The monoisotopic (exact) mass is 250 g/mol. The summed E-state index contributed by atoms with van der Waals surface area (Å²) in [7, 11) is 1.71. The summed E-state index contributed by atoms with van der Waals surface area (Å²) in [6.45, 7) is 4.06. The number of hydrogen-bond acceptors (Lipinski definition) is 4. The number of methoxy groups -OCH3 is 1. The van der Waals surface area contributed by atoms with Gasteiger partial charge in [0.15, 0.2) is 0 Å². The second-order valence-corrected chi connectivity index (χ2v) is 5.51. The fraction of sp³-hybridized carbons (Fsp3) is 0.385. The SMILES string of the molecule is COC(C)(C)C(NN)c1cccc2ccsc12. The molecule has 3 N–H and O–H groups in total. The Kier molecular flexibility index (Phi) is 3.49. The van der Waals surface area contributed by atoms with Crippen molar-refractivity contribution in [1.82, 2.24) is 5.43 Å². The molecular formula is C13H18N2OS. The van der Waals surface area contributed by atoms with Crippen molar-refractivity contribution in [2.24, 2.45) is 5.84 Å². The van der Waals surface area contributed by atoms with Crippen molar-refractivity contribution < 1.29 is 4.74 Å². The molecular weight excluding hydrogens is 232 g/mol. The Hall–Kier alpha value is -0.940. The lowest BCUT2D eigenvalue weighted by Crippen LogP contribution is -2.44. The molecule has 1 atom stereocenters. The molecule has 0 aliphatic carbocycles. The zero-order chi connectivity index (χ0) is 12.5. The van der Waals surface area contributed by atoms with Crippen molar-refractivity contribution in [1.29, 1.82) is 0 Å². The van der Waals surface area contributed by atoms with Gasteiger partial charge in [-0.25, -0.2) is 0 Å². The van der Waals surface area contributed by atoms with E-state index >= 15 is 0 Å². The van der Waals surface area contributed by atoms with Crippen LogP contribution in [0.4, 0.5) is 0 Å². The molecule has 0 bridgehead atoms. The van der Waals surface area contributed by atoms with Crippen LogP contribution in [0.3, 0.4) is 0 Å². The van der Waals surface area contributed by atoms with E-state index in [2.05, 4.69) is 35.1 Å². The fourth-order valence-corrected chi connectivity index (χ4v) is 2.97. The number of thiophene rings is 1. The van der Waals surface area contributed by atoms with E-state index in [-0.39, 0.29) is 11.6 Å². The number of benzene rings is 1. The highest BCUT2D eigenvalue weighted by Crippen LogP contribution is 2.34. The zero-order valence-corrected chi connectivity index (χ0v) is 11.2. The minimum Gasteiger partial charge on any atom is -0.377 e. The molecule has 1 aromatic carbocycles. The normalized spacial score (nSPS) is 14.1. The quantitative estimate of drug-likeness (QED) is 0.648. The lowest BCUT2D eigenvalue weighted by Gasteiger charge is -2.33. The number of nitrogens with two attached hydrogens (primary N) is 1. The first-order chi connectivity index (χ1) is 8.10. The molecule has 1 aromatic heterocycles. The van der Waals surface area contributed by atoms with Crippen LogP contribution in [0.2, 0.25) is 0 Å². The fourth-order valence-electron chi connectivity index (χ4n) is 2.03. The van der Waals surface area contributed by atoms with Crippen LogP contribution in [-0.2, 0) is 4.74 Å². The molecule has 0 aliphatic rings. The van der Waals surface area contributed by atoms with E-state index in [1.165, 1.54) is 15.6 Å². The number of rotatable bonds is 4. The van der Waals surface area contributed by atoms with E-state index in [9.17, 15) is 0 Å². The van der Waals surface area contributed by atoms with Gasteiger partial charge in [-0.3, -0.25) is 11.3 Å². The number of hydrogen-bond donors (Lipinski definition) is 2. The molecule has 2 rings (SSSR count). The number of nitrogens with one attached hydrogen (secondary N) is 1. The van der Waals surface area contributed by atoms with Gasteiger partial charge >= 0.3 is 0 Å². The van der Waals surface area contributed by atoms with Crippen LogP contribution < -0.4 is 11.3 Å². The van der Waals surface area contributed by atoms with Crippen molar-refractivity contribution >= 4 is 21.4 Å². The third-order valence-electron chi connectivity index (χ3n) is 3.21. The third kappa shape index (κ3) is 2.21. The Balaban J connectivity index is 2.54. The average molecular weight is 250 g/mol. The van der Waals surface area contributed by atoms with Crippen LogP contribution in [0, 0.1) is 0 Å². The lowest BCUT2D eigenvalue weighted by molar-refractivity contribution is -0.0107. The molecule has 0 saturated carbocycles. The van der Waals surface area contributed by atoms with Crippen LogP contribution in [0.1, 0.15) is 25.5 Å². The number of hydrazine groups is 1. The van der Waals surface area contributed by atoms with E-state index in [0.717, 1.165) is 0 Å². The van der Waals surface area contributed by atoms with Crippen LogP contribution >= 0.6 is 11.3 Å². The predicted molar refractivity (Wildman–Crippen MR) is 73.0 cm³/mol. The summed E-state index contributed by atoms with van der Waals surface area (Å²) in [5.74, 6) is 5.70. The largest absolute Gasteiger partial charge is 0.377 e. The van der Waals surface area contributed by atoms with Crippen molar-refractivity contribution in [2.45, 2.75) is 25.5 Å². The summed E-state index contributed by atoms with van der Waals surface area (Å²) in [5.41, 5.74) is 3.71. The second-order valence-electron chi connectivity index (χ2n) is 4.59. The maximum Gasteiger partial charge on any atom is 0.0830 e. The van der Waals surface area contributed by atoms with Gasteiger partial charge in [0.05, 0.1) is 11.6 Å². The van der Waals surface area contributed by atoms with Crippen LogP contribution in [0.5, 0.6) is 0 Å². The minimum absolute atomic E-state index is 0.0325. The van der Waals surface area contributed by atoms with E-state index in [1.807, 2.05) is 13.8 Å². The standard InChI is InChI=1S/C13H18N2OS/c1-13(2,16-3)12(15-14)10-6-4-5-9-7-8-17-11(9)10/h4-8,12,15H,14H2,1-3H3. The molecule has 0 amide bonds. The molecule has 0 radical (unpaired) electrons. The minimum atomic E-state index is -0.354. The highest BCUT2D eigenvalue weighted by molar-refractivity contribution is 7.17. The topological polar surface area (TPSA) is 47.3 Å². The van der Waals surface area contributed by atoms with Gasteiger partial charge in [-0.05, 0) is 36.2 Å². The average Bonchev–Trinajstić information content (AvgIpc) is 2.78. The first-order valence-corrected chi connectivity index (χ1v) is 6.45. The summed E-state index contributed by atoms with van der Waals surface area (Å²) >= 11 is 1.73. The summed E-state index contributed by atoms with van der Waals surface area (Å²) in [4.78, 5) is 0. The molecule has 0 fully saturated rings. The molecule has 92 valence electrons. The van der Waals surface area contributed by atoms with Gasteiger partial charge in [0.2, 0.25) is 0 Å². The van der Waals surface area contributed by atoms with E-state index < -0.39 is 0 Å². The zero-order valence-electron chi connectivity index (χ0n) is 10.4. The Morgan fingerprint density at radius 1 is 1.35 bits per heavy atom. The van der Waals surface area contributed by atoms with Gasteiger partial charge in [0.1, 0.15) is 0 Å². The highest BCUT2D eigenvalue weighted by Gasteiger charge is 2.31. The van der Waals surface area contributed by atoms with Crippen LogP contribution in [0.15, 0.2) is 29.6 Å². The van der Waals surface area contributed by atoms with Gasteiger partial charge in [-0.1, -0.05) is 18.2 Å². The molecule has 4 heteroatoms. The van der Waals surface area contributed by atoms with Crippen molar-refractivity contribution in [3.05, 3.63) is 35.2 Å². The smallest absolute Gasteiger partial charge is 0.0830 e. The Morgan fingerprint density at radius 3 is 2.76 bits per heavy atom. The molecule has 17 heavy (non-hydrogen) atoms. The summed E-state index contributed by atoms with van der Waals surface area (Å²) in [6.07, 6.45) is 0. The van der Waals surface area contributed by atoms with E-state index in [1.54, 1.807) is 18.4 Å². The molecule has 2 aromatic rings. The van der Waals surface area contributed by atoms with Gasteiger partial charge in [-0.2, -0.15) is 0 Å². The van der Waals surface area contributed by atoms with Crippen molar-refractivity contribution in [2.75, 3.05) is 7.11 Å². The highest BCUT2D eigenvalue weighted by atomic mass is 32.1. The van der Waals surface area contributed by atoms with Gasteiger partial charge in [0.25, 0.3) is 0 Å². The van der Waals surface area contributed by atoms with Crippen molar-refractivity contribution in [3.63, 3.8) is 0 Å². The second kappa shape index (κ2) is 4.74. The first kappa shape index (κ1) is 12.5. The Morgan fingerprint density at radius 2 is 2.12 bits per heavy atom. The molecule has 0 saturated heterocycles. The summed E-state index contributed by atoms with van der Waals surface area (Å²) < 4.78 is 6.80. The maximum absolute atomic E-state index is 5.70. The number of ether oxygens (including phenoxy) is 1. The van der Waals surface area contributed by atoms with Gasteiger partial charge in [0, 0.05) is 11.8 Å². The van der Waals surface area contributed by atoms with Crippen LogP contribution in [0.25, 0.3) is 10.1 Å². The van der Waals surface area contributed by atoms with Crippen LogP contribution in [-0.4, -0.2) is 12.7 Å². The van der Waals surface area contributed by atoms with Crippen molar-refractivity contribution in [3.8, 4) is 0 Å². The lowest BCUT2D eigenvalue weighted by atomic mass is 9.91. The van der Waals surface area contributed by atoms with E-state index in [4.69, 9.17) is 10.6 Å². The number of fused-ring (bicyclic) bond motifs is 1. The summed E-state index contributed by atoms with van der Waals surface area (Å²) in [5, 5.41) is 3.35. The molecule has 0 spiro atoms. The summed E-state index contributed by atoms with van der Waals surface area (Å²) in [6, 6.07) is 8.36. The Bertz CT molecular complexity index is 507. The molecule has 0 aliphatic heterocycles. The maximum atomic E-state index is 5.70. The first-order valence-electron chi connectivity index (χ1n) is 5.57. The third-order valence-corrected chi connectivity index (χ3v) is 4.19.